The van der Waals surface area contributed by atoms with Crippen LogP contribution in [0.3, 0.4) is 0 Å². The molecular formula is C16H21N5O2. The molecule has 3 rings (SSSR count). The molecule has 0 bridgehead atoms. The first-order valence-corrected chi connectivity index (χ1v) is 7.88. The molecule has 0 aliphatic carbocycles. The summed E-state index contributed by atoms with van der Waals surface area (Å²) >= 11 is 0. The molecule has 23 heavy (non-hydrogen) atoms. The van der Waals surface area contributed by atoms with Crippen molar-refractivity contribution in [3.05, 3.63) is 35.1 Å². The topological polar surface area (TPSA) is 84.2 Å². The van der Waals surface area contributed by atoms with E-state index in [4.69, 9.17) is 4.52 Å². The van der Waals surface area contributed by atoms with E-state index in [-0.39, 0.29) is 11.9 Å². The quantitative estimate of drug-likeness (QED) is 0.911. The maximum absolute atomic E-state index is 11.6. The Morgan fingerprint density at radius 2 is 2.26 bits per heavy atom. The van der Waals surface area contributed by atoms with Gasteiger partial charge in [-0.2, -0.15) is 0 Å². The normalized spacial score (nSPS) is 17.0. The summed E-state index contributed by atoms with van der Waals surface area (Å²) in [6.45, 7) is 6.80. The number of rotatable bonds is 5. The van der Waals surface area contributed by atoms with Crippen LogP contribution in [-0.4, -0.2) is 32.5 Å². The largest absolute Gasteiger partial charge is 0.363 e. The molecule has 0 unspecified atom stereocenters. The Kier molecular flexibility index (Phi) is 4.27. The first-order valence-electron chi connectivity index (χ1n) is 7.88. The van der Waals surface area contributed by atoms with Gasteiger partial charge in [-0.05, 0) is 19.8 Å². The second kappa shape index (κ2) is 6.36. The predicted octanol–water partition coefficient (Wildman–Crippen LogP) is 2.24. The lowest BCUT2D eigenvalue weighted by molar-refractivity contribution is -0.136. The number of amides is 1. The number of nitrogens with zero attached hydrogens (tertiary/aromatic N) is 4. The van der Waals surface area contributed by atoms with Gasteiger partial charge in [-0.15, -0.1) is 0 Å². The fourth-order valence-electron chi connectivity index (χ4n) is 2.71. The van der Waals surface area contributed by atoms with Gasteiger partial charge in [-0.3, -0.25) is 4.79 Å². The standard InChI is InChI=1S/C16H21N5O2/c1-4-12-7-13(23-20-12)9-17-16-8-14(18-10(2)19-16)15-5-6-21(15)11(3)22/h7-8,15H,4-6,9H2,1-3H3,(H,17,18,19)/t15-/m1/s1. The molecule has 3 heterocycles. The van der Waals surface area contributed by atoms with E-state index < -0.39 is 0 Å². The van der Waals surface area contributed by atoms with Crippen LogP contribution in [0, 0.1) is 6.92 Å². The number of aryl methyl sites for hydroxylation is 2. The van der Waals surface area contributed by atoms with Crippen LogP contribution in [0.5, 0.6) is 0 Å². The van der Waals surface area contributed by atoms with Gasteiger partial charge in [0.05, 0.1) is 24.0 Å². The minimum absolute atomic E-state index is 0.0618. The maximum Gasteiger partial charge on any atom is 0.220 e. The van der Waals surface area contributed by atoms with Crippen molar-refractivity contribution in [1.29, 1.82) is 0 Å². The second-order valence-electron chi connectivity index (χ2n) is 5.73. The lowest BCUT2D eigenvalue weighted by Gasteiger charge is -2.40. The maximum atomic E-state index is 11.6. The van der Waals surface area contributed by atoms with Gasteiger partial charge in [-0.1, -0.05) is 12.1 Å². The van der Waals surface area contributed by atoms with Crippen molar-refractivity contribution in [3.63, 3.8) is 0 Å². The zero-order valence-corrected chi connectivity index (χ0v) is 13.7. The fourth-order valence-corrected chi connectivity index (χ4v) is 2.71. The highest BCUT2D eigenvalue weighted by atomic mass is 16.5. The number of nitrogens with one attached hydrogen (secondary N) is 1. The van der Waals surface area contributed by atoms with Gasteiger partial charge >= 0.3 is 0 Å². The Hall–Kier alpha value is -2.44. The Balaban J connectivity index is 1.71. The molecule has 2 aromatic rings. The predicted molar refractivity (Wildman–Crippen MR) is 84.7 cm³/mol. The first-order chi connectivity index (χ1) is 11.1. The number of carbonyl (C=O) groups is 1. The molecule has 1 amide bonds. The molecular weight excluding hydrogens is 294 g/mol. The highest BCUT2D eigenvalue weighted by Gasteiger charge is 2.32. The van der Waals surface area contributed by atoms with Crippen LogP contribution >= 0.6 is 0 Å². The van der Waals surface area contributed by atoms with Gasteiger partial charge in [0.25, 0.3) is 0 Å². The third-order valence-corrected chi connectivity index (χ3v) is 4.04. The van der Waals surface area contributed by atoms with Gasteiger partial charge in [0.1, 0.15) is 11.6 Å². The van der Waals surface area contributed by atoms with Crippen molar-refractivity contribution < 1.29 is 9.32 Å². The molecule has 0 radical (unpaired) electrons. The first kappa shape index (κ1) is 15.5. The lowest BCUT2D eigenvalue weighted by atomic mass is 9.99. The Bertz CT molecular complexity index is 712. The molecule has 1 atom stereocenters. The summed E-state index contributed by atoms with van der Waals surface area (Å²) in [7, 11) is 0. The van der Waals surface area contributed by atoms with Gasteiger partial charge in [0.2, 0.25) is 5.91 Å². The Morgan fingerprint density at radius 1 is 1.43 bits per heavy atom. The summed E-state index contributed by atoms with van der Waals surface area (Å²) in [5.74, 6) is 2.28. The Labute approximate surface area is 135 Å². The molecule has 7 nitrogen and oxygen atoms in total. The van der Waals surface area contributed by atoms with Crippen molar-refractivity contribution >= 4 is 11.7 Å². The van der Waals surface area contributed by atoms with Crippen molar-refractivity contribution in [3.8, 4) is 0 Å². The highest BCUT2D eigenvalue weighted by Crippen LogP contribution is 2.32. The van der Waals surface area contributed by atoms with Crippen LogP contribution in [0.15, 0.2) is 16.7 Å². The van der Waals surface area contributed by atoms with Crippen LogP contribution in [0.2, 0.25) is 0 Å². The number of anilines is 1. The van der Waals surface area contributed by atoms with Crippen molar-refractivity contribution in [1.82, 2.24) is 20.0 Å². The van der Waals surface area contributed by atoms with Crippen LogP contribution in [0.25, 0.3) is 0 Å². The summed E-state index contributed by atoms with van der Waals surface area (Å²) in [4.78, 5) is 22.3. The highest BCUT2D eigenvalue weighted by molar-refractivity contribution is 5.74. The van der Waals surface area contributed by atoms with Crippen molar-refractivity contribution in [2.75, 3.05) is 11.9 Å². The van der Waals surface area contributed by atoms with E-state index in [0.717, 1.165) is 42.4 Å². The van der Waals surface area contributed by atoms with Crippen LogP contribution in [0.1, 0.15) is 49.3 Å². The van der Waals surface area contributed by atoms with E-state index in [1.165, 1.54) is 0 Å². The molecule has 1 fully saturated rings. The lowest BCUT2D eigenvalue weighted by Crippen LogP contribution is -2.44. The van der Waals surface area contributed by atoms with E-state index in [2.05, 4.69) is 20.4 Å². The average Bonchev–Trinajstić information content (AvgIpc) is 2.91. The van der Waals surface area contributed by atoms with Crippen LogP contribution in [-0.2, 0) is 17.8 Å². The molecule has 1 saturated heterocycles. The molecule has 122 valence electrons. The van der Waals surface area contributed by atoms with Gasteiger partial charge in [0.15, 0.2) is 5.76 Å². The molecule has 0 spiro atoms. The molecule has 1 aliphatic rings. The summed E-state index contributed by atoms with van der Waals surface area (Å²) < 4.78 is 5.26. The zero-order chi connectivity index (χ0) is 16.4. The second-order valence-corrected chi connectivity index (χ2v) is 5.73. The number of hydrogen-bond acceptors (Lipinski definition) is 6. The van der Waals surface area contributed by atoms with E-state index in [1.807, 2.05) is 30.9 Å². The number of hydrogen-bond donors (Lipinski definition) is 1. The van der Waals surface area contributed by atoms with E-state index in [0.29, 0.717) is 12.4 Å². The number of carbonyl (C=O) groups excluding carboxylic acids is 1. The minimum atomic E-state index is 0.0618. The van der Waals surface area contributed by atoms with E-state index in [9.17, 15) is 4.79 Å². The fraction of sp³-hybridized carbons (Fsp3) is 0.500. The number of aromatic nitrogens is 3. The van der Waals surface area contributed by atoms with E-state index >= 15 is 0 Å². The smallest absolute Gasteiger partial charge is 0.220 e. The van der Waals surface area contributed by atoms with Crippen LogP contribution < -0.4 is 5.32 Å². The van der Waals surface area contributed by atoms with Crippen LogP contribution in [0.4, 0.5) is 5.82 Å². The third kappa shape index (κ3) is 3.33. The van der Waals surface area contributed by atoms with Gasteiger partial charge in [-0.25, -0.2) is 9.97 Å². The van der Waals surface area contributed by atoms with E-state index in [1.54, 1.807) is 6.92 Å². The SMILES string of the molecule is CCc1cc(CNc2cc([C@H]3CCN3C(C)=O)nc(C)n2)on1. The molecule has 1 N–H and O–H groups in total. The zero-order valence-electron chi connectivity index (χ0n) is 13.7. The molecule has 0 aromatic carbocycles. The average molecular weight is 315 g/mol. The third-order valence-electron chi connectivity index (χ3n) is 4.04. The van der Waals surface area contributed by atoms with Gasteiger partial charge in [0, 0.05) is 25.6 Å². The summed E-state index contributed by atoms with van der Waals surface area (Å²) in [5, 5.41) is 7.21. The monoisotopic (exact) mass is 315 g/mol. The number of likely N-dealkylation sites (tertiary alicyclic amines) is 1. The summed E-state index contributed by atoms with van der Waals surface area (Å²) in [6, 6.07) is 3.90. The summed E-state index contributed by atoms with van der Waals surface area (Å²) in [6.07, 6.45) is 1.79. The molecule has 1 aliphatic heterocycles. The molecule has 0 saturated carbocycles. The van der Waals surface area contributed by atoms with Crippen molar-refractivity contribution in [2.45, 2.75) is 46.2 Å². The minimum Gasteiger partial charge on any atom is -0.363 e. The molecule has 7 heteroatoms. The Morgan fingerprint density at radius 3 is 2.87 bits per heavy atom. The van der Waals surface area contributed by atoms with Gasteiger partial charge < -0.3 is 14.7 Å². The summed E-state index contributed by atoms with van der Waals surface area (Å²) in [5.41, 5.74) is 1.82. The molecule has 2 aromatic heterocycles. The van der Waals surface area contributed by atoms with Crippen molar-refractivity contribution in [2.24, 2.45) is 0 Å².